The molecule has 0 radical (unpaired) electrons. The molecule has 1 rings (SSSR count). The van der Waals surface area contributed by atoms with E-state index in [1.54, 1.807) is 0 Å². The first-order valence-corrected chi connectivity index (χ1v) is 9.47. The summed E-state index contributed by atoms with van der Waals surface area (Å²) in [6, 6.07) is 0. The van der Waals surface area contributed by atoms with E-state index in [4.69, 9.17) is 4.74 Å². The summed E-state index contributed by atoms with van der Waals surface area (Å²) in [5.74, 6) is 1.56. The van der Waals surface area contributed by atoms with E-state index in [2.05, 4.69) is 41.3 Å². The number of hydrogen-bond donors (Lipinski definition) is 3. The van der Waals surface area contributed by atoms with Gasteiger partial charge in [0.25, 0.3) is 0 Å². The van der Waals surface area contributed by atoms with Gasteiger partial charge in [0, 0.05) is 32.7 Å². The van der Waals surface area contributed by atoms with Gasteiger partial charge in [-0.2, -0.15) is 0 Å². The Labute approximate surface area is 148 Å². The molecule has 0 saturated carbocycles. The molecule has 1 atom stereocenters. The Morgan fingerprint density at radius 2 is 1.96 bits per heavy atom. The van der Waals surface area contributed by atoms with Gasteiger partial charge in [-0.05, 0) is 26.2 Å². The van der Waals surface area contributed by atoms with Gasteiger partial charge >= 0.3 is 0 Å². The molecule has 24 heavy (non-hydrogen) atoms. The van der Waals surface area contributed by atoms with Crippen LogP contribution < -0.4 is 10.6 Å². The van der Waals surface area contributed by atoms with Gasteiger partial charge in [-0.3, -0.25) is 9.89 Å². The molecule has 0 bridgehead atoms. The summed E-state index contributed by atoms with van der Waals surface area (Å²) < 4.78 is 5.35. The lowest BCUT2D eigenvalue weighted by Gasteiger charge is -2.33. The van der Waals surface area contributed by atoms with Crippen LogP contribution in [0, 0.1) is 5.92 Å². The molecular weight excluding hydrogens is 304 g/mol. The molecule has 6 heteroatoms. The second-order valence-corrected chi connectivity index (χ2v) is 7.40. The Kier molecular flexibility index (Phi) is 10.3. The fourth-order valence-corrected chi connectivity index (χ4v) is 2.77. The second kappa shape index (κ2) is 11.7. The maximum atomic E-state index is 10.6. The van der Waals surface area contributed by atoms with Crippen molar-refractivity contribution in [3.05, 3.63) is 0 Å². The predicted octanol–water partition coefficient (Wildman–Crippen LogP) is 1.45. The molecule has 3 N–H and O–H groups in total. The standard InChI is InChI=1S/C18H38N4O2/c1-5-19-17(20-9-7-6-8-16(2)3)21-14-18(4,23)15-22-10-12-24-13-11-22/h16,23H,5-15H2,1-4H3,(H2,19,20,21). The largest absolute Gasteiger partial charge is 0.387 e. The zero-order valence-corrected chi connectivity index (χ0v) is 16.1. The number of morpholine rings is 1. The molecule has 1 aliphatic rings. The summed E-state index contributed by atoms with van der Waals surface area (Å²) in [7, 11) is 0. The van der Waals surface area contributed by atoms with Crippen molar-refractivity contribution in [2.75, 3.05) is 52.5 Å². The van der Waals surface area contributed by atoms with Crippen molar-refractivity contribution < 1.29 is 9.84 Å². The van der Waals surface area contributed by atoms with Gasteiger partial charge in [-0.15, -0.1) is 0 Å². The van der Waals surface area contributed by atoms with Gasteiger partial charge in [0.2, 0.25) is 0 Å². The third-order valence-corrected chi connectivity index (χ3v) is 4.09. The van der Waals surface area contributed by atoms with Gasteiger partial charge in [-0.1, -0.05) is 26.7 Å². The number of aliphatic hydroxyl groups is 1. The van der Waals surface area contributed by atoms with Crippen LogP contribution in [0.1, 0.15) is 47.0 Å². The predicted molar refractivity (Wildman–Crippen MR) is 101 cm³/mol. The molecule has 0 aromatic rings. The molecule has 0 amide bonds. The number of guanidine groups is 1. The monoisotopic (exact) mass is 342 g/mol. The van der Waals surface area contributed by atoms with Crippen molar-refractivity contribution in [2.45, 2.75) is 52.6 Å². The zero-order valence-electron chi connectivity index (χ0n) is 16.1. The number of nitrogens with one attached hydrogen (secondary N) is 2. The van der Waals surface area contributed by atoms with E-state index >= 15 is 0 Å². The number of hydrogen-bond acceptors (Lipinski definition) is 4. The van der Waals surface area contributed by atoms with Gasteiger partial charge in [0.05, 0.1) is 25.4 Å². The highest BCUT2D eigenvalue weighted by atomic mass is 16.5. The van der Waals surface area contributed by atoms with E-state index in [-0.39, 0.29) is 0 Å². The van der Waals surface area contributed by atoms with E-state index in [0.29, 0.717) is 13.1 Å². The molecule has 0 aliphatic carbocycles. The normalized spacial score (nSPS) is 19.3. The summed E-state index contributed by atoms with van der Waals surface area (Å²) in [5.41, 5.74) is -0.822. The number of nitrogens with zero attached hydrogens (tertiary/aromatic N) is 2. The van der Waals surface area contributed by atoms with E-state index < -0.39 is 5.60 Å². The number of ether oxygens (including phenoxy) is 1. The van der Waals surface area contributed by atoms with Crippen molar-refractivity contribution in [1.29, 1.82) is 0 Å². The Morgan fingerprint density at radius 3 is 2.58 bits per heavy atom. The molecular formula is C18H38N4O2. The molecule has 0 spiro atoms. The van der Waals surface area contributed by atoms with Crippen LogP contribution in [-0.4, -0.2) is 74.0 Å². The van der Waals surface area contributed by atoms with Crippen LogP contribution in [0.4, 0.5) is 0 Å². The van der Waals surface area contributed by atoms with Crippen LogP contribution in [0.5, 0.6) is 0 Å². The first-order chi connectivity index (χ1) is 11.4. The Bertz CT molecular complexity index is 353. The Balaban J connectivity index is 2.36. The lowest BCUT2D eigenvalue weighted by atomic mass is 10.1. The van der Waals surface area contributed by atoms with Crippen molar-refractivity contribution >= 4 is 5.96 Å². The SMILES string of the molecule is CCNC(=NCC(C)(O)CN1CCOCC1)NCCCCC(C)C. The zero-order chi connectivity index (χ0) is 17.8. The van der Waals surface area contributed by atoms with Crippen molar-refractivity contribution in [3.63, 3.8) is 0 Å². The maximum absolute atomic E-state index is 10.6. The van der Waals surface area contributed by atoms with Crippen LogP contribution in [0.15, 0.2) is 4.99 Å². The van der Waals surface area contributed by atoms with Crippen LogP contribution in [0.25, 0.3) is 0 Å². The van der Waals surface area contributed by atoms with E-state index in [9.17, 15) is 5.11 Å². The average Bonchev–Trinajstić information content (AvgIpc) is 2.52. The van der Waals surface area contributed by atoms with Gasteiger partial charge in [0.15, 0.2) is 5.96 Å². The first-order valence-electron chi connectivity index (χ1n) is 9.47. The first kappa shape index (κ1) is 21.2. The average molecular weight is 343 g/mol. The highest BCUT2D eigenvalue weighted by Crippen LogP contribution is 2.09. The van der Waals surface area contributed by atoms with Crippen LogP contribution in [-0.2, 0) is 4.74 Å². The van der Waals surface area contributed by atoms with Crippen molar-refractivity contribution in [3.8, 4) is 0 Å². The van der Waals surface area contributed by atoms with Gasteiger partial charge in [-0.25, -0.2) is 0 Å². The minimum Gasteiger partial charge on any atom is -0.387 e. The fraction of sp³-hybridized carbons (Fsp3) is 0.944. The van der Waals surface area contributed by atoms with Crippen molar-refractivity contribution in [1.82, 2.24) is 15.5 Å². The highest BCUT2D eigenvalue weighted by molar-refractivity contribution is 5.79. The lowest BCUT2D eigenvalue weighted by Crippen LogP contribution is -2.48. The quantitative estimate of drug-likeness (QED) is 0.318. The minimum absolute atomic E-state index is 0.395. The van der Waals surface area contributed by atoms with E-state index in [1.165, 1.54) is 12.8 Å². The summed E-state index contributed by atoms with van der Waals surface area (Å²) in [4.78, 5) is 6.81. The minimum atomic E-state index is -0.822. The topological polar surface area (TPSA) is 69.1 Å². The second-order valence-electron chi connectivity index (χ2n) is 7.40. The van der Waals surface area contributed by atoms with E-state index in [0.717, 1.165) is 57.7 Å². The summed E-state index contributed by atoms with van der Waals surface area (Å²) in [6.45, 7) is 14.5. The molecule has 0 aromatic heterocycles. The number of unbranched alkanes of at least 4 members (excludes halogenated alkanes) is 1. The molecule has 1 saturated heterocycles. The molecule has 1 fully saturated rings. The molecule has 1 unspecified atom stereocenters. The third kappa shape index (κ3) is 10.1. The summed E-state index contributed by atoms with van der Waals surface area (Å²) >= 11 is 0. The highest BCUT2D eigenvalue weighted by Gasteiger charge is 2.25. The Hall–Kier alpha value is -0.850. The van der Waals surface area contributed by atoms with Gasteiger partial charge < -0.3 is 20.5 Å². The van der Waals surface area contributed by atoms with Crippen molar-refractivity contribution in [2.24, 2.45) is 10.9 Å². The number of aliphatic imine (C=N–C) groups is 1. The van der Waals surface area contributed by atoms with E-state index in [1.807, 2.05) is 6.92 Å². The van der Waals surface area contributed by atoms with Gasteiger partial charge in [0.1, 0.15) is 0 Å². The smallest absolute Gasteiger partial charge is 0.191 e. The Morgan fingerprint density at radius 1 is 1.25 bits per heavy atom. The molecule has 142 valence electrons. The molecule has 1 heterocycles. The fourth-order valence-electron chi connectivity index (χ4n) is 2.77. The third-order valence-electron chi connectivity index (χ3n) is 4.09. The molecule has 6 nitrogen and oxygen atoms in total. The molecule has 0 aromatic carbocycles. The number of β-amino-alcohol motifs (C(OH)–C–C–N with tert-alkyl or cyclic N) is 1. The molecule has 1 aliphatic heterocycles. The van der Waals surface area contributed by atoms with Crippen LogP contribution >= 0.6 is 0 Å². The van der Waals surface area contributed by atoms with Crippen LogP contribution in [0.2, 0.25) is 0 Å². The summed E-state index contributed by atoms with van der Waals surface area (Å²) in [6.07, 6.45) is 3.65. The summed E-state index contributed by atoms with van der Waals surface area (Å²) in [5, 5.41) is 17.2. The van der Waals surface area contributed by atoms with Crippen LogP contribution in [0.3, 0.4) is 0 Å². The lowest BCUT2D eigenvalue weighted by molar-refractivity contribution is -0.0179. The maximum Gasteiger partial charge on any atom is 0.191 e. The number of rotatable bonds is 10.